The van der Waals surface area contributed by atoms with Gasteiger partial charge in [0.1, 0.15) is 12.4 Å². The van der Waals surface area contributed by atoms with E-state index < -0.39 is 0 Å². The zero-order chi connectivity index (χ0) is 16.8. The number of benzene rings is 1. The summed E-state index contributed by atoms with van der Waals surface area (Å²) >= 11 is 0. The second kappa shape index (κ2) is 8.55. The fourth-order valence-electron chi connectivity index (χ4n) is 4.72. The predicted molar refractivity (Wildman–Crippen MR) is 102 cm³/mol. The fourth-order valence-corrected chi connectivity index (χ4v) is 4.72. The maximum absolute atomic E-state index is 5.60. The highest BCUT2D eigenvalue weighted by Crippen LogP contribution is 2.47. The van der Waals surface area contributed by atoms with E-state index in [9.17, 15) is 0 Å². The van der Waals surface area contributed by atoms with Gasteiger partial charge in [0.2, 0.25) is 0 Å². The zero-order valence-corrected chi connectivity index (χ0v) is 15.1. The molecule has 2 aliphatic carbocycles. The van der Waals surface area contributed by atoms with Crippen LogP contribution in [-0.4, -0.2) is 6.61 Å². The Bertz CT molecular complexity index is 542. The normalized spacial score (nSPS) is 30.0. The van der Waals surface area contributed by atoms with E-state index in [0.29, 0.717) is 6.61 Å². The van der Waals surface area contributed by atoms with Crippen LogP contribution in [0.5, 0.6) is 5.75 Å². The standard InChI is InChI=1S/C23H32O/c1-3-5-6-18-7-8-22-17-21(10-9-20(22)16-18)19-11-13-23(14-12-19)24-15-4-2/h4-6,11-14,18,20-22H,2-3,7-10,15-17H2,1H3/b6-5+. The minimum atomic E-state index is 0.584. The number of allylic oxidation sites excluding steroid dienone is 2. The molecule has 0 aromatic heterocycles. The van der Waals surface area contributed by atoms with Gasteiger partial charge < -0.3 is 4.74 Å². The van der Waals surface area contributed by atoms with Crippen molar-refractivity contribution in [1.82, 2.24) is 0 Å². The molecule has 0 saturated heterocycles. The molecule has 0 spiro atoms. The number of hydrogen-bond donors (Lipinski definition) is 0. The van der Waals surface area contributed by atoms with Crippen molar-refractivity contribution >= 4 is 0 Å². The molecule has 2 saturated carbocycles. The molecular weight excluding hydrogens is 292 g/mol. The van der Waals surface area contributed by atoms with Gasteiger partial charge >= 0.3 is 0 Å². The molecule has 2 aliphatic rings. The highest BCUT2D eigenvalue weighted by Gasteiger charge is 2.35. The molecular formula is C23H32O. The average Bonchev–Trinajstić information content (AvgIpc) is 2.64. The smallest absolute Gasteiger partial charge is 0.119 e. The molecule has 4 atom stereocenters. The topological polar surface area (TPSA) is 9.23 Å². The molecule has 130 valence electrons. The van der Waals surface area contributed by atoms with Gasteiger partial charge in [0.25, 0.3) is 0 Å². The van der Waals surface area contributed by atoms with Crippen LogP contribution in [0.3, 0.4) is 0 Å². The van der Waals surface area contributed by atoms with Crippen LogP contribution in [0.1, 0.15) is 63.4 Å². The summed E-state index contributed by atoms with van der Waals surface area (Å²) in [5, 5.41) is 0. The first-order valence-corrected chi connectivity index (χ1v) is 9.80. The van der Waals surface area contributed by atoms with Crippen molar-refractivity contribution in [3.05, 3.63) is 54.6 Å². The Kier molecular flexibility index (Phi) is 6.18. The van der Waals surface area contributed by atoms with Gasteiger partial charge in [-0.1, -0.05) is 43.9 Å². The molecule has 1 heteroatoms. The van der Waals surface area contributed by atoms with Gasteiger partial charge in [-0.25, -0.2) is 0 Å². The Morgan fingerprint density at radius 3 is 2.54 bits per heavy atom. The summed E-state index contributed by atoms with van der Waals surface area (Å²) in [5.41, 5.74) is 1.51. The third-order valence-electron chi connectivity index (χ3n) is 6.02. The lowest BCUT2D eigenvalue weighted by Crippen LogP contribution is -2.30. The maximum Gasteiger partial charge on any atom is 0.119 e. The van der Waals surface area contributed by atoms with Crippen molar-refractivity contribution in [2.24, 2.45) is 17.8 Å². The third kappa shape index (κ3) is 4.32. The molecule has 0 bridgehead atoms. The van der Waals surface area contributed by atoms with Crippen LogP contribution < -0.4 is 4.74 Å². The van der Waals surface area contributed by atoms with Gasteiger partial charge in [-0.05, 0) is 86.3 Å². The van der Waals surface area contributed by atoms with Gasteiger partial charge in [0, 0.05) is 0 Å². The van der Waals surface area contributed by atoms with E-state index >= 15 is 0 Å². The summed E-state index contributed by atoms with van der Waals surface area (Å²) in [6, 6.07) is 8.80. The van der Waals surface area contributed by atoms with E-state index in [0.717, 1.165) is 29.4 Å². The zero-order valence-electron chi connectivity index (χ0n) is 15.1. The lowest BCUT2D eigenvalue weighted by atomic mass is 9.64. The second-order valence-corrected chi connectivity index (χ2v) is 7.61. The van der Waals surface area contributed by atoms with E-state index in [1.54, 1.807) is 6.08 Å². The van der Waals surface area contributed by atoms with Crippen molar-refractivity contribution in [1.29, 1.82) is 0 Å². The molecule has 1 aromatic rings. The van der Waals surface area contributed by atoms with Crippen molar-refractivity contribution in [2.75, 3.05) is 6.61 Å². The summed E-state index contributed by atoms with van der Waals surface area (Å²) in [6.45, 7) is 6.52. The summed E-state index contributed by atoms with van der Waals surface area (Å²) in [7, 11) is 0. The van der Waals surface area contributed by atoms with E-state index in [1.165, 1.54) is 50.5 Å². The fraction of sp³-hybridized carbons (Fsp3) is 0.565. The van der Waals surface area contributed by atoms with Gasteiger partial charge in [-0.3, -0.25) is 0 Å². The van der Waals surface area contributed by atoms with Crippen LogP contribution >= 0.6 is 0 Å². The summed E-state index contributed by atoms with van der Waals surface area (Å²) < 4.78 is 5.60. The highest BCUT2D eigenvalue weighted by atomic mass is 16.5. The molecule has 1 aromatic carbocycles. The Hall–Kier alpha value is -1.50. The van der Waals surface area contributed by atoms with Crippen LogP contribution in [-0.2, 0) is 0 Å². The molecule has 0 radical (unpaired) electrons. The van der Waals surface area contributed by atoms with Gasteiger partial charge in [-0.15, -0.1) is 0 Å². The number of rotatable bonds is 6. The lowest BCUT2D eigenvalue weighted by molar-refractivity contribution is 0.133. The highest BCUT2D eigenvalue weighted by molar-refractivity contribution is 5.30. The van der Waals surface area contributed by atoms with Gasteiger partial charge in [-0.2, -0.15) is 0 Å². The van der Waals surface area contributed by atoms with E-state index in [4.69, 9.17) is 4.74 Å². The quantitative estimate of drug-likeness (QED) is 0.541. The Balaban J connectivity index is 1.56. The first-order chi connectivity index (χ1) is 11.8. The minimum Gasteiger partial charge on any atom is -0.490 e. The molecule has 24 heavy (non-hydrogen) atoms. The van der Waals surface area contributed by atoms with Crippen molar-refractivity contribution in [3.63, 3.8) is 0 Å². The summed E-state index contributed by atoms with van der Waals surface area (Å²) in [6.07, 6.45) is 16.3. The third-order valence-corrected chi connectivity index (χ3v) is 6.02. The van der Waals surface area contributed by atoms with E-state index in [1.807, 2.05) is 0 Å². The molecule has 4 unspecified atom stereocenters. The van der Waals surface area contributed by atoms with Crippen LogP contribution in [0.4, 0.5) is 0 Å². The largest absolute Gasteiger partial charge is 0.490 e. The SMILES string of the molecule is C=CCOc1ccc(C2CCC3CC(/C=C/CC)CCC3C2)cc1. The van der Waals surface area contributed by atoms with Crippen LogP contribution in [0.15, 0.2) is 49.1 Å². The van der Waals surface area contributed by atoms with Gasteiger partial charge in [0.15, 0.2) is 0 Å². The molecule has 1 nitrogen and oxygen atoms in total. The van der Waals surface area contributed by atoms with Crippen molar-refractivity contribution in [3.8, 4) is 5.75 Å². The summed E-state index contributed by atoms with van der Waals surface area (Å²) in [4.78, 5) is 0. The Labute approximate surface area is 147 Å². The minimum absolute atomic E-state index is 0.584. The van der Waals surface area contributed by atoms with Crippen molar-refractivity contribution < 1.29 is 4.74 Å². The number of hydrogen-bond acceptors (Lipinski definition) is 1. The summed E-state index contributed by atoms with van der Waals surface area (Å²) in [5.74, 6) is 4.48. The van der Waals surface area contributed by atoms with Crippen LogP contribution in [0.2, 0.25) is 0 Å². The second-order valence-electron chi connectivity index (χ2n) is 7.61. The molecule has 0 amide bonds. The molecule has 0 aliphatic heterocycles. The number of ether oxygens (including phenoxy) is 1. The number of fused-ring (bicyclic) bond motifs is 1. The lowest BCUT2D eigenvalue weighted by Gasteiger charge is -2.41. The van der Waals surface area contributed by atoms with E-state index in [2.05, 4.69) is 49.9 Å². The monoisotopic (exact) mass is 324 g/mol. The predicted octanol–water partition coefficient (Wildman–Crippen LogP) is 6.52. The van der Waals surface area contributed by atoms with Crippen LogP contribution in [0.25, 0.3) is 0 Å². The first kappa shape index (κ1) is 17.3. The molecule has 2 fully saturated rings. The Morgan fingerprint density at radius 2 is 1.79 bits per heavy atom. The first-order valence-electron chi connectivity index (χ1n) is 9.80. The molecule has 0 N–H and O–H groups in total. The maximum atomic E-state index is 5.60. The van der Waals surface area contributed by atoms with Crippen molar-refractivity contribution in [2.45, 2.75) is 57.8 Å². The Morgan fingerprint density at radius 1 is 1.04 bits per heavy atom. The van der Waals surface area contributed by atoms with Crippen LogP contribution in [0, 0.1) is 17.8 Å². The van der Waals surface area contributed by atoms with Gasteiger partial charge in [0.05, 0.1) is 0 Å². The molecule has 0 heterocycles. The average molecular weight is 325 g/mol. The van der Waals surface area contributed by atoms with E-state index in [-0.39, 0.29) is 0 Å². The molecule has 3 rings (SSSR count).